The van der Waals surface area contributed by atoms with Crippen molar-refractivity contribution in [3.8, 4) is 0 Å². The van der Waals surface area contributed by atoms with E-state index in [1.165, 1.54) is 4.90 Å². The van der Waals surface area contributed by atoms with Crippen molar-refractivity contribution in [3.63, 3.8) is 0 Å². The molecule has 0 radical (unpaired) electrons. The van der Waals surface area contributed by atoms with Crippen LogP contribution < -0.4 is 10.2 Å². The van der Waals surface area contributed by atoms with Crippen molar-refractivity contribution in [1.29, 1.82) is 0 Å². The van der Waals surface area contributed by atoms with Gasteiger partial charge in [-0.25, -0.2) is 0 Å². The lowest BCUT2D eigenvalue weighted by molar-refractivity contribution is 0.788. The van der Waals surface area contributed by atoms with Crippen LogP contribution in [-0.4, -0.2) is 23.5 Å². The Hall–Kier alpha value is -1.52. The predicted octanol–water partition coefficient (Wildman–Crippen LogP) is 4.57. The van der Waals surface area contributed by atoms with Gasteiger partial charge in [-0.15, -0.1) is 11.8 Å². The van der Waals surface area contributed by atoms with Gasteiger partial charge in [-0.3, -0.25) is 0 Å². The van der Waals surface area contributed by atoms with Gasteiger partial charge < -0.3 is 10.2 Å². The fraction of sp³-hybridized carbons (Fsp3) is 0.278. The first-order valence-corrected chi connectivity index (χ1v) is 8.88. The fourth-order valence-electron chi connectivity index (χ4n) is 2.17. The van der Waals surface area contributed by atoms with Crippen molar-refractivity contribution < 1.29 is 0 Å². The molecular formula is C18H22N2S2. The molecule has 116 valence electrons. The third-order valence-corrected chi connectivity index (χ3v) is 4.51. The van der Waals surface area contributed by atoms with Crippen LogP contribution in [0.3, 0.4) is 0 Å². The molecule has 22 heavy (non-hydrogen) atoms. The van der Waals surface area contributed by atoms with Gasteiger partial charge in [0.2, 0.25) is 0 Å². The molecule has 0 amide bonds. The number of thioether (sulfide) groups is 1. The Morgan fingerprint density at radius 3 is 2.23 bits per heavy atom. The van der Waals surface area contributed by atoms with E-state index in [0.717, 1.165) is 23.1 Å². The van der Waals surface area contributed by atoms with Crippen LogP contribution in [0.25, 0.3) is 0 Å². The maximum Gasteiger partial charge on any atom is 0.173 e. The minimum atomic E-state index is 0.323. The van der Waals surface area contributed by atoms with Gasteiger partial charge >= 0.3 is 0 Å². The smallest absolute Gasteiger partial charge is 0.173 e. The number of rotatable bonds is 6. The molecule has 0 aliphatic rings. The van der Waals surface area contributed by atoms with Crippen molar-refractivity contribution in [2.24, 2.45) is 0 Å². The van der Waals surface area contributed by atoms with Gasteiger partial charge in [0.05, 0.1) is 0 Å². The summed E-state index contributed by atoms with van der Waals surface area (Å²) in [6.45, 7) is 5.16. The van der Waals surface area contributed by atoms with Crippen molar-refractivity contribution in [2.45, 2.75) is 24.8 Å². The molecule has 0 spiro atoms. The molecule has 2 aromatic rings. The molecule has 0 aromatic heterocycles. The highest BCUT2D eigenvalue weighted by Crippen LogP contribution is 2.18. The Morgan fingerprint density at radius 1 is 1.05 bits per heavy atom. The van der Waals surface area contributed by atoms with E-state index in [1.54, 1.807) is 0 Å². The fourth-order valence-corrected chi connectivity index (χ4v) is 3.37. The number of nitrogens with zero attached hydrogens (tertiary/aromatic N) is 1. The largest absolute Gasteiger partial charge is 0.361 e. The summed E-state index contributed by atoms with van der Waals surface area (Å²) >= 11 is 7.41. The van der Waals surface area contributed by atoms with E-state index in [9.17, 15) is 0 Å². The average molecular weight is 331 g/mol. The van der Waals surface area contributed by atoms with Crippen LogP contribution in [0.5, 0.6) is 0 Å². The van der Waals surface area contributed by atoms with E-state index in [4.69, 9.17) is 12.2 Å². The summed E-state index contributed by atoms with van der Waals surface area (Å²) in [5, 5.41) is 4.16. The average Bonchev–Trinajstić information content (AvgIpc) is 2.53. The zero-order valence-corrected chi connectivity index (χ0v) is 14.7. The monoisotopic (exact) mass is 330 g/mol. The van der Waals surface area contributed by atoms with E-state index < -0.39 is 0 Å². The molecule has 4 heteroatoms. The van der Waals surface area contributed by atoms with E-state index >= 15 is 0 Å². The molecule has 0 heterocycles. The third-order valence-electron chi connectivity index (χ3n) is 3.16. The molecular weight excluding hydrogens is 308 g/mol. The Bertz CT molecular complexity index is 570. The zero-order valence-electron chi connectivity index (χ0n) is 13.0. The summed E-state index contributed by atoms with van der Waals surface area (Å²) in [4.78, 5) is 3.45. The third kappa shape index (κ3) is 5.04. The van der Waals surface area contributed by atoms with Crippen LogP contribution in [0.4, 0.5) is 5.69 Å². The summed E-state index contributed by atoms with van der Waals surface area (Å²) in [6, 6.07) is 21.0. The van der Waals surface area contributed by atoms with Crippen molar-refractivity contribution in [1.82, 2.24) is 5.32 Å². The second-order valence-electron chi connectivity index (χ2n) is 5.19. The molecule has 0 fully saturated rings. The van der Waals surface area contributed by atoms with Crippen LogP contribution in [0.15, 0.2) is 65.6 Å². The minimum absolute atomic E-state index is 0.323. The van der Waals surface area contributed by atoms with E-state index in [0.29, 0.717) is 6.04 Å². The molecule has 0 saturated heterocycles. The Kier molecular flexibility index (Phi) is 6.74. The van der Waals surface area contributed by atoms with Gasteiger partial charge in [0, 0.05) is 28.9 Å². The van der Waals surface area contributed by atoms with Gasteiger partial charge in [-0.05, 0) is 50.3 Å². The predicted molar refractivity (Wildman–Crippen MR) is 102 cm³/mol. The molecule has 2 aromatic carbocycles. The van der Waals surface area contributed by atoms with Gasteiger partial charge in [0.15, 0.2) is 5.11 Å². The van der Waals surface area contributed by atoms with E-state index in [1.807, 2.05) is 36.0 Å². The van der Waals surface area contributed by atoms with Crippen molar-refractivity contribution in [2.75, 3.05) is 17.2 Å². The number of thiocarbonyl (C=S) groups is 1. The second kappa shape index (κ2) is 8.81. The molecule has 0 aliphatic carbocycles. The summed E-state index contributed by atoms with van der Waals surface area (Å²) in [6.07, 6.45) is 0. The van der Waals surface area contributed by atoms with Crippen molar-refractivity contribution in [3.05, 3.63) is 60.7 Å². The summed E-state index contributed by atoms with van der Waals surface area (Å²) in [5.41, 5.74) is 1.13. The lowest BCUT2D eigenvalue weighted by Gasteiger charge is -2.29. The van der Waals surface area contributed by atoms with E-state index in [-0.39, 0.29) is 0 Å². The molecule has 0 bridgehead atoms. The summed E-state index contributed by atoms with van der Waals surface area (Å²) in [7, 11) is 0. The lowest BCUT2D eigenvalue weighted by Crippen LogP contribution is -2.44. The number of anilines is 1. The molecule has 1 N–H and O–H groups in total. The maximum absolute atomic E-state index is 5.57. The number of para-hydroxylation sites is 1. The number of hydrogen-bond donors (Lipinski definition) is 1. The van der Waals surface area contributed by atoms with Crippen LogP contribution in [-0.2, 0) is 0 Å². The standard InChI is InChI=1S/C18H22N2S2/c1-15(2)20(16-9-5-3-6-10-16)18(21)19-13-14-22-17-11-7-4-8-12-17/h3-12,15H,13-14H2,1-2H3,(H,19,21). The molecule has 0 unspecified atom stereocenters. The molecule has 0 aliphatic heterocycles. The van der Waals surface area contributed by atoms with Crippen LogP contribution in [0, 0.1) is 0 Å². The minimum Gasteiger partial charge on any atom is -0.361 e. The van der Waals surface area contributed by atoms with Gasteiger partial charge in [0.25, 0.3) is 0 Å². The number of benzene rings is 2. The normalized spacial score (nSPS) is 10.5. The number of hydrogen-bond acceptors (Lipinski definition) is 2. The number of nitrogens with one attached hydrogen (secondary N) is 1. The van der Waals surface area contributed by atoms with Crippen LogP contribution in [0.2, 0.25) is 0 Å². The molecule has 2 rings (SSSR count). The Balaban J connectivity index is 1.84. The van der Waals surface area contributed by atoms with Crippen LogP contribution in [0.1, 0.15) is 13.8 Å². The molecule has 0 atom stereocenters. The summed E-state index contributed by atoms with van der Waals surface area (Å²) in [5.74, 6) is 0.991. The lowest BCUT2D eigenvalue weighted by atomic mass is 10.2. The topological polar surface area (TPSA) is 15.3 Å². The second-order valence-corrected chi connectivity index (χ2v) is 6.75. The highest BCUT2D eigenvalue weighted by Gasteiger charge is 2.14. The van der Waals surface area contributed by atoms with Gasteiger partial charge in [0.1, 0.15) is 0 Å². The summed E-state index contributed by atoms with van der Waals surface area (Å²) < 4.78 is 0. The van der Waals surface area contributed by atoms with E-state index in [2.05, 4.69) is 60.5 Å². The maximum atomic E-state index is 5.57. The highest BCUT2D eigenvalue weighted by atomic mass is 32.2. The first-order valence-electron chi connectivity index (χ1n) is 7.48. The zero-order chi connectivity index (χ0) is 15.8. The van der Waals surface area contributed by atoms with Crippen LogP contribution >= 0.6 is 24.0 Å². The first-order chi connectivity index (χ1) is 10.7. The Morgan fingerprint density at radius 2 is 1.64 bits per heavy atom. The highest BCUT2D eigenvalue weighted by molar-refractivity contribution is 7.99. The SMILES string of the molecule is CC(C)N(C(=S)NCCSc1ccccc1)c1ccccc1. The molecule has 2 nitrogen and oxygen atoms in total. The van der Waals surface area contributed by atoms with Gasteiger partial charge in [-0.1, -0.05) is 36.4 Å². The van der Waals surface area contributed by atoms with Crippen molar-refractivity contribution >= 4 is 34.8 Å². The Labute approximate surface area is 142 Å². The first kappa shape index (κ1) is 16.8. The van der Waals surface area contributed by atoms with Gasteiger partial charge in [-0.2, -0.15) is 0 Å². The quantitative estimate of drug-likeness (QED) is 0.474. The molecule has 0 saturated carbocycles.